The molecule has 4 heteroatoms. The second kappa shape index (κ2) is 5.20. The van der Waals surface area contributed by atoms with E-state index in [1.54, 1.807) is 12.1 Å². The Morgan fingerprint density at radius 1 is 0.810 bits per heavy atom. The number of rotatable bonds is 4. The standard InChI is InChI=1S/C17H16F2O2/c1-20-9-17(10-21-2)15-11(5-3-7-13(15)18)12-6-4-8-14(19)16(12)17/h3-8H,9-10H2,1-2H3. The van der Waals surface area contributed by atoms with Gasteiger partial charge in [0.15, 0.2) is 0 Å². The lowest BCUT2D eigenvalue weighted by Gasteiger charge is -2.30. The van der Waals surface area contributed by atoms with Gasteiger partial charge in [-0.1, -0.05) is 24.3 Å². The van der Waals surface area contributed by atoms with Gasteiger partial charge < -0.3 is 9.47 Å². The molecule has 0 radical (unpaired) electrons. The third-order valence-electron chi connectivity index (χ3n) is 4.06. The normalized spacial score (nSPS) is 14.9. The van der Waals surface area contributed by atoms with Crippen molar-refractivity contribution < 1.29 is 18.3 Å². The minimum atomic E-state index is -0.954. The molecule has 0 saturated heterocycles. The summed E-state index contributed by atoms with van der Waals surface area (Å²) in [6, 6.07) is 9.68. The molecule has 0 amide bonds. The zero-order valence-electron chi connectivity index (χ0n) is 12.0. The summed E-state index contributed by atoms with van der Waals surface area (Å²) in [5, 5.41) is 0. The van der Waals surface area contributed by atoms with Crippen molar-refractivity contribution in [2.45, 2.75) is 5.41 Å². The van der Waals surface area contributed by atoms with E-state index < -0.39 is 5.41 Å². The van der Waals surface area contributed by atoms with Crippen LogP contribution < -0.4 is 0 Å². The molecule has 2 aromatic carbocycles. The monoisotopic (exact) mass is 290 g/mol. The van der Waals surface area contributed by atoms with Gasteiger partial charge in [-0.15, -0.1) is 0 Å². The zero-order valence-corrected chi connectivity index (χ0v) is 12.0. The minimum absolute atomic E-state index is 0.155. The Balaban J connectivity index is 2.39. The third kappa shape index (κ3) is 1.90. The van der Waals surface area contributed by atoms with Crippen LogP contribution in [0.1, 0.15) is 11.1 Å². The van der Waals surface area contributed by atoms with Crippen LogP contribution in [-0.2, 0) is 14.9 Å². The summed E-state index contributed by atoms with van der Waals surface area (Å²) in [6.07, 6.45) is 0. The Morgan fingerprint density at radius 3 is 1.62 bits per heavy atom. The summed E-state index contributed by atoms with van der Waals surface area (Å²) in [5.41, 5.74) is 1.37. The summed E-state index contributed by atoms with van der Waals surface area (Å²) < 4.78 is 39.6. The zero-order chi connectivity index (χ0) is 15.0. The van der Waals surface area contributed by atoms with Gasteiger partial charge >= 0.3 is 0 Å². The Kier molecular flexibility index (Phi) is 3.51. The third-order valence-corrected chi connectivity index (χ3v) is 4.06. The molecule has 0 aromatic heterocycles. The first-order valence-electron chi connectivity index (χ1n) is 6.72. The molecule has 0 aliphatic heterocycles. The first-order chi connectivity index (χ1) is 10.2. The molecule has 2 aromatic rings. The molecule has 0 N–H and O–H groups in total. The lowest BCUT2D eigenvalue weighted by Crippen LogP contribution is -2.37. The lowest BCUT2D eigenvalue weighted by atomic mass is 9.79. The topological polar surface area (TPSA) is 18.5 Å². The first kappa shape index (κ1) is 14.2. The highest BCUT2D eigenvalue weighted by atomic mass is 19.1. The maximum absolute atomic E-state index is 14.5. The number of ether oxygens (including phenoxy) is 2. The van der Waals surface area contributed by atoms with Crippen LogP contribution in [0, 0.1) is 11.6 Å². The second-order valence-electron chi connectivity index (χ2n) is 5.27. The summed E-state index contributed by atoms with van der Waals surface area (Å²) in [6.45, 7) is 0.311. The highest BCUT2D eigenvalue weighted by molar-refractivity contribution is 5.81. The van der Waals surface area contributed by atoms with Crippen molar-refractivity contribution in [3.05, 3.63) is 59.2 Å². The molecule has 0 unspecified atom stereocenters. The van der Waals surface area contributed by atoms with E-state index in [9.17, 15) is 8.78 Å². The number of fused-ring (bicyclic) bond motifs is 3. The molecule has 1 aliphatic rings. The van der Waals surface area contributed by atoms with Gasteiger partial charge in [0.1, 0.15) is 11.6 Å². The average Bonchev–Trinajstić information content (AvgIpc) is 2.73. The largest absolute Gasteiger partial charge is 0.383 e. The molecule has 1 aliphatic carbocycles. The van der Waals surface area contributed by atoms with Crippen LogP contribution in [0.3, 0.4) is 0 Å². The van der Waals surface area contributed by atoms with Gasteiger partial charge in [0.25, 0.3) is 0 Å². The van der Waals surface area contributed by atoms with Crippen molar-refractivity contribution in [2.24, 2.45) is 0 Å². The first-order valence-corrected chi connectivity index (χ1v) is 6.72. The maximum atomic E-state index is 14.5. The van der Waals surface area contributed by atoms with E-state index in [1.165, 1.54) is 26.4 Å². The highest BCUT2D eigenvalue weighted by Crippen LogP contribution is 2.51. The molecule has 110 valence electrons. The van der Waals surface area contributed by atoms with Crippen LogP contribution in [0.15, 0.2) is 36.4 Å². The van der Waals surface area contributed by atoms with Crippen molar-refractivity contribution in [2.75, 3.05) is 27.4 Å². The van der Waals surface area contributed by atoms with Crippen molar-refractivity contribution in [3.8, 4) is 11.1 Å². The van der Waals surface area contributed by atoms with E-state index in [2.05, 4.69) is 0 Å². The van der Waals surface area contributed by atoms with Gasteiger partial charge in [0.05, 0.1) is 18.6 Å². The van der Waals surface area contributed by atoms with Gasteiger partial charge in [-0.25, -0.2) is 8.78 Å². The smallest absolute Gasteiger partial charge is 0.128 e. The van der Waals surface area contributed by atoms with Crippen molar-refractivity contribution in [1.82, 2.24) is 0 Å². The van der Waals surface area contributed by atoms with Crippen LogP contribution in [-0.4, -0.2) is 27.4 Å². The van der Waals surface area contributed by atoms with Crippen LogP contribution in [0.4, 0.5) is 8.78 Å². The Bertz CT molecular complexity index is 623. The minimum Gasteiger partial charge on any atom is -0.383 e. The van der Waals surface area contributed by atoms with E-state index in [1.807, 2.05) is 12.1 Å². The predicted molar refractivity (Wildman–Crippen MR) is 76.3 cm³/mol. The molecule has 0 fully saturated rings. The van der Waals surface area contributed by atoms with Gasteiger partial charge in [-0.2, -0.15) is 0 Å². The van der Waals surface area contributed by atoms with Crippen LogP contribution in [0.25, 0.3) is 11.1 Å². The summed E-state index contributed by atoms with van der Waals surface area (Å²) in [4.78, 5) is 0. The van der Waals surface area contributed by atoms with Crippen molar-refractivity contribution in [3.63, 3.8) is 0 Å². The fraction of sp³-hybridized carbons (Fsp3) is 0.294. The number of hydrogen-bond donors (Lipinski definition) is 0. The van der Waals surface area contributed by atoms with Gasteiger partial charge in [-0.05, 0) is 23.3 Å². The van der Waals surface area contributed by atoms with Crippen LogP contribution in [0.5, 0.6) is 0 Å². The number of halogens is 2. The molecule has 0 saturated carbocycles. The van der Waals surface area contributed by atoms with E-state index >= 15 is 0 Å². The molecule has 0 bridgehead atoms. The van der Waals surface area contributed by atoms with Crippen molar-refractivity contribution in [1.29, 1.82) is 0 Å². The fourth-order valence-electron chi connectivity index (χ4n) is 3.42. The molecule has 2 nitrogen and oxygen atoms in total. The average molecular weight is 290 g/mol. The van der Waals surface area contributed by atoms with E-state index in [0.717, 1.165) is 0 Å². The predicted octanol–water partition coefficient (Wildman–Crippen LogP) is 3.52. The SMILES string of the molecule is COCC1(COC)c2c(F)cccc2-c2cccc(F)c21. The Labute approximate surface area is 122 Å². The fourth-order valence-corrected chi connectivity index (χ4v) is 3.42. The Morgan fingerprint density at radius 2 is 1.24 bits per heavy atom. The second-order valence-corrected chi connectivity index (χ2v) is 5.27. The quantitative estimate of drug-likeness (QED) is 0.857. The number of methoxy groups -OCH3 is 2. The van der Waals surface area contributed by atoms with Gasteiger partial charge in [-0.3, -0.25) is 0 Å². The van der Waals surface area contributed by atoms with Gasteiger partial charge in [0, 0.05) is 25.3 Å². The van der Waals surface area contributed by atoms with Crippen molar-refractivity contribution >= 4 is 0 Å². The van der Waals surface area contributed by atoms with Crippen LogP contribution >= 0.6 is 0 Å². The van der Waals surface area contributed by atoms with E-state index in [-0.39, 0.29) is 24.8 Å². The highest BCUT2D eigenvalue weighted by Gasteiger charge is 2.47. The molecule has 0 heterocycles. The summed E-state index contributed by atoms with van der Waals surface area (Å²) in [7, 11) is 3.05. The molecule has 21 heavy (non-hydrogen) atoms. The van der Waals surface area contributed by atoms with Crippen LogP contribution in [0.2, 0.25) is 0 Å². The summed E-state index contributed by atoms with van der Waals surface area (Å²) >= 11 is 0. The molecular weight excluding hydrogens is 274 g/mol. The van der Waals surface area contributed by atoms with E-state index in [0.29, 0.717) is 22.3 Å². The van der Waals surface area contributed by atoms with E-state index in [4.69, 9.17) is 9.47 Å². The molecular formula is C17H16F2O2. The number of benzene rings is 2. The maximum Gasteiger partial charge on any atom is 0.128 e. The molecule has 0 spiro atoms. The Hall–Kier alpha value is -1.78. The molecule has 3 rings (SSSR count). The lowest BCUT2D eigenvalue weighted by molar-refractivity contribution is 0.0781. The van der Waals surface area contributed by atoms with Gasteiger partial charge in [0.2, 0.25) is 0 Å². The molecule has 0 atom stereocenters. The summed E-state index contributed by atoms with van der Waals surface area (Å²) in [5.74, 6) is -0.727. The number of hydrogen-bond acceptors (Lipinski definition) is 2.